The molecular weight excluding hydrogens is 308 g/mol. The van der Waals surface area contributed by atoms with Crippen molar-refractivity contribution in [1.29, 1.82) is 0 Å². The second-order valence-corrected chi connectivity index (χ2v) is 8.10. The number of hydrogen-bond donors (Lipinski definition) is 1. The molecule has 2 aliphatic rings. The molecule has 23 heavy (non-hydrogen) atoms. The molecule has 0 bridgehead atoms. The Kier molecular flexibility index (Phi) is 5.21. The van der Waals surface area contributed by atoms with E-state index in [2.05, 4.69) is 22.1 Å². The van der Waals surface area contributed by atoms with Crippen molar-refractivity contribution in [2.75, 3.05) is 32.1 Å². The number of anilines is 1. The van der Waals surface area contributed by atoms with Crippen LogP contribution >= 0.6 is 11.3 Å². The third kappa shape index (κ3) is 4.04. The molecule has 3 rings (SSSR count). The number of hydrogen-bond acceptors (Lipinski definition) is 5. The summed E-state index contributed by atoms with van der Waals surface area (Å²) in [7, 11) is 4.05. The van der Waals surface area contributed by atoms with Crippen molar-refractivity contribution in [3.05, 3.63) is 11.1 Å². The van der Waals surface area contributed by atoms with Crippen LogP contribution in [0.25, 0.3) is 0 Å². The number of thiazole rings is 1. The van der Waals surface area contributed by atoms with E-state index in [4.69, 9.17) is 0 Å². The first-order chi connectivity index (χ1) is 11.1. The summed E-state index contributed by atoms with van der Waals surface area (Å²) in [5.74, 6) is 1.31. The molecule has 1 saturated heterocycles. The van der Waals surface area contributed by atoms with Crippen LogP contribution in [0.1, 0.15) is 37.5 Å². The van der Waals surface area contributed by atoms with Crippen molar-refractivity contribution in [3.63, 3.8) is 0 Å². The molecule has 2 unspecified atom stereocenters. The molecule has 128 valence electrons. The minimum Gasteiger partial charge on any atom is -0.354 e. The summed E-state index contributed by atoms with van der Waals surface area (Å²) in [6, 6.07) is 0.508. The van der Waals surface area contributed by atoms with Gasteiger partial charge in [0.2, 0.25) is 5.91 Å². The fraction of sp³-hybridized carbons (Fsp3) is 0.765. The number of nitrogens with one attached hydrogen (secondary N) is 1. The Morgan fingerprint density at radius 2 is 2.22 bits per heavy atom. The highest BCUT2D eigenvalue weighted by Crippen LogP contribution is 2.33. The van der Waals surface area contributed by atoms with Crippen molar-refractivity contribution in [2.24, 2.45) is 11.8 Å². The summed E-state index contributed by atoms with van der Waals surface area (Å²) in [4.78, 5) is 22.1. The van der Waals surface area contributed by atoms with Gasteiger partial charge in [0.25, 0.3) is 0 Å². The van der Waals surface area contributed by atoms with Crippen LogP contribution in [0.3, 0.4) is 0 Å². The first kappa shape index (κ1) is 16.7. The highest BCUT2D eigenvalue weighted by molar-refractivity contribution is 7.15. The molecular formula is C17H28N4OS. The summed E-state index contributed by atoms with van der Waals surface area (Å²) in [6.07, 6.45) is 6.37. The maximum Gasteiger partial charge on any atom is 0.225 e. The largest absolute Gasteiger partial charge is 0.354 e. The smallest absolute Gasteiger partial charge is 0.225 e. The molecule has 1 aliphatic heterocycles. The van der Waals surface area contributed by atoms with Gasteiger partial charge in [0.15, 0.2) is 5.13 Å². The van der Waals surface area contributed by atoms with Gasteiger partial charge in [0.1, 0.15) is 0 Å². The molecule has 1 saturated carbocycles. The molecule has 5 nitrogen and oxygen atoms in total. The molecule has 1 aromatic rings. The monoisotopic (exact) mass is 336 g/mol. The fourth-order valence-corrected chi connectivity index (χ4v) is 4.10. The first-order valence-corrected chi connectivity index (χ1v) is 9.54. The highest BCUT2D eigenvalue weighted by atomic mass is 32.1. The SMILES string of the molecule is CCC1CN(C(=O)C2CC2)CCC1NCc1cnc(N(C)C)s1. The minimum absolute atomic E-state index is 0.346. The van der Waals surface area contributed by atoms with Crippen molar-refractivity contribution in [1.82, 2.24) is 15.2 Å². The lowest BCUT2D eigenvalue weighted by atomic mass is 9.89. The number of likely N-dealkylation sites (tertiary alicyclic amines) is 1. The van der Waals surface area contributed by atoms with Gasteiger partial charge in [-0.15, -0.1) is 11.3 Å². The van der Waals surface area contributed by atoms with Crippen molar-refractivity contribution >= 4 is 22.4 Å². The molecule has 0 radical (unpaired) electrons. The van der Waals surface area contributed by atoms with E-state index in [1.165, 1.54) is 4.88 Å². The predicted octanol–water partition coefficient (Wildman–Crippen LogP) is 2.34. The molecule has 2 heterocycles. The summed E-state index contributed by atoms with van der Waals surface area (Å²) < 4.78 is 0. The molecule has 6 heteroatoms. The Bertz CT molecular complexity index is 540. The number of rotatable bonds is 6. The van der Waals surface area contributed by atoms with Crippen LogP contribution < -0.4 is 10.2 Å². The number of piperidine rings is 1. The predicted molar refractivity (Wildman–Crippen MR) is 94.8 cm³/mol. The van der Waals surface area contributed by atoms with Gasteiger partial charge in [-0.25, -0.2) is 4.98 Å². The molecule has 2 atom stereocenters. The van der Waals surface area contributed by atoms with Crippen molar-refractivity contribution in [3.8, 4) is 0 Å². The van der Waals surface area contributed by atoms with Gasteiger partial charge < -0.3 is 15.1 Å². The van der Waals surface area contributed by atoms with Crippen molar-refractivity contribution in [2.45, 2.75) is 45.2 Å². The quantitative estimate of drug-likeness (QED) is 0.866. The molecule has 0 spiro atoms. The van der Waals surface area contributed by atoms with Gasteiger partial charge in [-0.2, -0.15) is 0 Å². The van der Waals surface area contributed by atoms with E-state index >= 15 is 0 Å². The summed E-state index contributed by atoms with van der Waals surface area (Å²) >= 11 is 1.74. The van der Waals surface area contributed by atoms with E-state index in [0.29, 0.717) is 23.8 Å². The minimum atomic E-state index is 0.346. The Balaban J connectivity index is 1.52. The van der Waals surface area contributed by atoms with E-state index in [1.807, 2.05) is 25.2 Å². The van der Waals surface area contributed by atoms with E-state index in [0.717, 1.165) is 50.4 Å². The second-order valence-electron chi connectivity index (χ2n) is 7.01. The normalized spacial score (nSPS) is 24.7. The average molecular weight is 337 g/mol. The van der Waals surface area contributed by atoms with Crippen LogP contribution in [0.15, 0.2) is 6.20 Å². The van der Waals surface area contributed by atoms with Gasteiger partial charge in [0.05, 0.1) is 0 Å². The Morgan fingerprint density at radius 1 is 1.43 bits per heavy atom. The summed E-state index contributed by atoms with van der Waals surface area (Å²) in [5.41, 5.74) is 0. The van der Waals surface area contributed by atoms with Gasteiger partial charge in [-0.3, -0.25) is 4.79 Å². The number of amides is 1. The summed E-state index contributed by atoms with van der Waals surface area (Å²) in [6.45, 7) is 4.95. The second kappa shape index (κ2) is 7.18. The van der Waals surface area contributed by atoms with Crippen molar-refractivity contribution < 1.29 is 4.79 Å². The topological polar surface area (TPSA) is 48.5 Å². The molecule has 1 aliphatic carbocycles. The highest BCUT2D eigenvalue weighted by Gasteiger charge is 2.37. The zero-order chi connectivity index (χ0) is 16.4. The lowest BCUT2D eigenvalue weighted by molar-refractivity contribution is -0.134. The summed E-state index contributed by atoms with van der Waals surface area (Å²) in [5, 5.41) is 4.76. The molecule has 0 aromatic carbocycles. The van der Waals surface area contributed by atoms with Gasteiger partial charge in [-0.1, -0.05) is 13.3 Å². The van der Waals surface area contributed by atoms with E-state index in [9.17, 15) is 4.79 Å². The maximum atomic E-state index is 12.3. The molecule has 2 fully saturated rings. The fourth-order valence-electron chi connectivity index (χ4n) is 3.32. The number of carbonyl (C=O) groups is 1. The Morgan fingerprint density at radius 3 is 2.83 bits per heavy atom. The Hall–Kier alpha value is -1.14. The lowest BCUT2D eigenvalue weighted by Gasteiger charge is -2.39. The molecule has 1 aromatic heterocycles. The third-order valence-corrected chi connectivity index (χ3v) is 6.12. The van der Waals surface area contributed by atoms with Crippen LogP contribution in [0.4, 0.5) is 5.13 Å². The van der Waals surface area contributed by atoms with Gasteiger partial charge in [0, 0.05) is 56.8 Å². The molecule has 1 amide bonds. The van der Waals surface area contributed by atoms with Crippen LogP contribution in [-0.4, -0.2) is 49.0 Å². The first-order valence-electron chi connectivity index (χ1n) is 8.72. The maximum absolute atomic E-state index is 12.3. The molecule has 1 N–H and O–H groups in total. The van der Waals surface area contributed by atoms with E-state index in [1.54, 1.807) is 11.3 Å². The lowest BCUT2D eigenvalue weighted by Crippen LogP contribution is -2.51. The van der Waals surface area contributed by atoms with Crippen LogP contribution in [0.5, 0.6) is 0 Å². The number of carbonyl (C=O) groups excluding carboxylic acids is 1. The zero-order valence-electron chi connectivity index (χ0n) is 14.4. The van der Waals surface area contributed by atoms with Gasteiger partial charge >= 0.3 is 0 Å². The van der Waals surface area contributed by atoms with E-state index < -0.39 is 0 Å². The van der Waals surface area contributed by atoms with Crippen LogP contribution in [-0.2, 0) is 11.3 Å². The van der Waals surface area contributed by atoms with E-state index in [-0.39, 0.29) is 0 Å². The Labute approximate surface area is 143 Å². The zero-order valence-corrected chi connectivity index (χ0v) is 15.2. The van der Waals surface area contributed by atoms with Crippen LogP contribution in [0, 0.1) is 11.8 Å². The average Bonchev–Trinajstić information content (AvgIpc) is 3.29. The standard InChI is InChI=1S/C17H28N4OS/c1-4-12-11-21(16(22)13-5-6-13)8-7-15(12)18-9-14-10-19-17(23-14)20(2)3/h10,12-13,15,18H,4-9,11H2,1-3H3. The van der Waals surface area contributed by atoms with Crippen LogP contribution in [0.2, 0.25) is 0 Å². The number of aromatic nitrogens is 1. The van der Waals surface area contributed by atoms with Gasteiger partial charge in [-0.05, 0) is 25.2 Å². The number of nitrogens with zero attached hydrogens (tertiary/aromatic N) is 3. The third-order valence-electron chi connectivity index (χ3n) is 4.96.